The number of piperidine rings is 1. The van der Waals surface area contributed by atoms with Gasteiger partial charge >= 0.3 is 5.97 Å². The molecule has 0 spiro atoms. The van der Waals surface area contributed by atoms with E-state index in [2.05, 4.69) is 0 Å². The number of nitrogens with two attached hydrogens (primary N) is 1. The molecular weight excluding hydrogens is 256 g/mol. The van der Waals surface area contributed by atoms with Crippen LogP contribution < -0.4 is 5.73 Å². The fraction of sp³-hybridized carbons (Fsp3) is 0.867. The fourth-order valence-corrected chi connectivity index (χ4v) is 2.97. The first-order valence-electron chi connectivity index (χ1n) is 7.68. The molecule has 0 aromatic carbocycles. The number of hydrogen-bond donors (Lipinski definition) is 2. The molecule has 5 nitrogen and oxygen atoms in total. The van der Waals surface area contributed by atoms with Gasteiger partial charge in [0.25, 0.3) is 0 Å². The van der Waals surface area contributed by atoms with Crippen molar-refractivity contribution in [2.45, 2.75) is 64.8 Å². The molecule has 1 aliphatic rings. The van der Waals surface area contributed by atoms with E-state index < -0.39 is 11.4 Å². The number of carboxylic acid groups (broad SMARTS) is 1. The van der Waals surface area contributed by atoms with E-state index in [1.165, 1.54) is 0 Å². The van der Waals surface area contributed by atoms with Gasteiger partial charge in [0.15, 0.2) is 0 Å². The van der Waals surface area contributed by atoms with Crippen molar-refractivity contribution in [3.8, 4) is 0 Å². The first kappa shape index (κ1) is 17.0. The zero-order valence-electron chi connectivity index (χ0n) is 12.7. The molecule has 20 heavy (non-hydrogen) atoms. The van der Waals surface area contributed by atoms with Crippen molar-refractivity contribution in [3.63, 3.8) is 0 Å². The summed E-state index contributed by atoms with van der Waals surface area (Å²) < 4.78 is 0. The van der Waals surface area contributed by atoms with E-state index in [4.69, 9.17) is 5.73 Å². The molecule has 1 heterocycles. The van der Waals surface area contributed by atoms with Gasteiger partial charge in [0.1, 0.15) is 0 Å². The molecule has 1 fully saturated rings. The Morgan fingerprint density at radius 2 is 1.95 bits per heavy atom. The maximum Gasteiger partial charge on any atom is 0.309 e. The molecule has 1 atom stereocenters. The molecule has 3 N–H and O–H groups in total. The van der Waals surface area contributed by atoms with Crippen molar-refractivity contribution in [1.82, 2.24) is 4.90 Å². The standard InChI is InChI=1S/C15H28N2O3/c1-3-7-15(14(19)20)8-10-17(11-9-15)13(18)6-4-5-12(2)16/h12H,3-11,16H2,1-2H3,(H,19,20). The van der Waals surface area contributed by atoms with E-state index in [0.29, 0.717) is 38.8 Å². The number of hydrogen-bond acceptors (Lipinski definition) is 3. The predicted octanol–water partition coefficient (Wildman–Crippen LogP) is 2.00. The van der Waals surface area contributed by atoms with Gasteiger partial charge in [-0.1, -0.05) is 13.3 Å². The summed E-state index contributed by atoms with van der Waals surface area (Å²) in [5.74, 6) is -0.565. The Bertz CT molecular complexity index is 334. The van der Waals surface area contributed by atoms with E-state index in [-0.39, 0.29) is 11.9 Å². The maximum absolute atomic E-state index is 12.1. The van der Waals surface area contributed by atoms with Gasteiger partial charge in [-0.2, -0.15) is 0 Å². The first-order valence-corrected chi connectivity index (χ1v) is 7.68. The number of carbonyl (C=O) groups is 2. The molecule has 116 valence electrons. The molecule has 0 aliphatic carbocycles. The highest BCUT2D eigenvalue weighted by molar-refractivity contribution is 5.78. The lowest BCUT2D eigenvalue weighted by molar-refractivity contribution is -0.155. The van der Waals surface area contributed by atoms with E-state index >= 15 is 0 Å². The van der Waals surface area contributed by atoms with Gasteiger partial charge in [-0.25, -0.2) is 0 Å². The van der Waals surface area contributed by atoms with Gasteiger partial charge in [-0.05, 0) is 39.0 Å². The molecule has 1 saturated heterocycles. The molecule has 0 aromatic rings. The van der Waals surface area contributed by atoms with Crippen molar-refractivity contribution in [3.05, 3.63) is 0 Å². The van der Waals surface area contributed by atoms with Crippen LogP contribution in [0.4, 0.5) is 0 Å². The van der Waals surface area contributed by atoms with E-state index in [9.17, 15) is 14.7 Å². The number of likely N-dealkylation sites (tertiary alicyclic amines) is 1. The second-order valence-electron chi connectivity index (χ2n) is 6.09. The molecule has 0 radical (unpaired) electrons. The van der Waals surface area contributed by atoms with Crippen LogP contribution in [-0.4, -0.2) is 41.0 Å². The summed E-state index contributed by atoms with van der Waals surface area (Å²) >= 11 is 0. The van der Waals surface area contributed by atoms with Crippen LogP contribution in [-0.2, 0) is 9.59 Å². The highest BCUT2D eigenvalue weighted by Gasteiger charge is 2.41. The van der Waals surface area contributed by atoms with Gasteiger partial charge in [-0.3, -0.25) is 9.59 Å². The molecule has 1 amide bonds. The van der Waals surface area contributed by atoms with Crippen molar-refractivity contribution in [2.75, 3.05) is 13.1 Å². The predicted molar refractivity (Wildman–Crippen MR) is 78.3 cm³/mol. The Morgan fingerprint density at radius 3 is 2.40 bits per heavy atom. The van der Waals surface area contributed by atoms with Crippen LogP contribution in [0.2, 0.25) is 0 Å². The van der Waals surface area contributed by atoms with Gasteiger partial charge in [0.05, 0.1) is 5.41 Å². The minimum Gasteiger partial charge on any atom is -0.481 e. The number of amides is 1. The van der Waals surface area contributed by atoms with Gasteiger partial charge in [-0.15, -0.1) is 0 Å². The lowest BCUT2D eigenvalue weighted by Gasteiger charge is -2.39. The van der Waals surface area contributed by atoms with Crippen molar-refractivity contribution in [2.24, 2.45) is 11.1 Å². The summed E-state index contributed by atoms with van der Waals surface area (Å²) in [6.07, 6.45) is 4.92. The van der Waals surface area contributed by atoms with Crippen molar-refractivity contribution < 1.29 is 14.7 Å². The number of rotatable bonds is 7. The zero-order chi connectivity index (χ0) is 15.2. The summed E-state index contributed by atoms with van der Waals surface area (Å²) in [6.45, 7) is 5.10. The average molecular weight is 284 g/mol. The summed E-state index contributed by atoms with van der Waals surface area (Å²) in [5.41, 5.74) is 5.06. The molecule has 1 rings (SSSR count). The van der Waals surface area contributed by atoms with Crippen LogP contribution in [0.15, 0.2) is 0 Å². The van der Waals surface area contributed by atoms with Crippen molar-refractivity contribution in [1.29, 1.82) is 0 Å². The summed E-state index contributed by atoms with van der Waals surface area (Å²) in [6, 6.07) is 0.133. The third kappa shape index (κ3) is 4.47. The number of nitrogens with zero attached hydrogens (tertiary/aromatic N) is 1. The zero-order valence-corrected chi connectivity index (χ0v) is 12.7. The monoisotopic (exact) mass is 284 g/mol. The topological polar surface area (TPSA) is 83.6 Å². The minimum absolute atomic E-state index is 0.133. The van der Waals surface area contributed by atoms with Gasteiger partial charge in [0, 0.05) is 25.6 Å². The van der Waals surface area contributed by atoms with E-state index in [1.807, 2.05) is 18.7 Å². The minimum atomic E-state index is -0.705. The molecule has 1 unspecified atom stereocenters. The lowest BCUT2D eigenvalue weighted by Crippen LogP contribution is -2.46. The average Bonchev–Trinajstić information content (AvgIpc) is 2.39. The third-order valence-electron chi connectivity index (χ3n) is 4.31. The number of aliphatic carboxylic acids is 1. The Morgan fingerprint density at radius 1 is 1.35 bits per heavy atom. The molecule has 5 heteroatoms. The summed E-state index contributed by atoms with van der Waals surface area (Å²) in [7, 11) is 0. The van der Waals surface area contributed by atoms with Gasteiger partial charge in [0.2, 0.25) is 5.91 Å². The summed E-state index contributed by atoms with van der Waals surface area (Å²) in [4.78, 5) is 25.3. The van der Waals surface area contributed by atoms with Crippen LogP contribution in [0, 0.1) is 5.41 Å². The first-order chi connectivity index (χ1) is 9.41. The second-order valence-corrected chi connectivity index (χ2v) is 6.09. The third-order valence-corrected chi connectivity index (χ3v) is 4.31. The van der Waals surface area contributed by atoms with Gasteiger partial charge < -0.3 is 15.7 Å². The Labute approximate surface area is 121 Å². The number of carbonyl (C=O) groups excluding carboxylic acids is 1. The normalized spacial score (nSPS) is 19.6. The molecule has 0 bridgehead atoms. The summed E-state index contributed by atoms with van der Waals surface area (Å²) in [5, 5.41) is 9.43. The SMILES string of the molecule is CCCC1(C(=O)O)CCN(C(=O)CCCC(C)N)CC1. The molecule has 0 aromatic heterocycles. The van der Waals surface area contributed by atoms with Crippen LogP contribution in [0.25, 0.3) is 0 Å². The van der Waals surface area contributed by atoms with Crippen LogP contribution in [0.5, 0.6) is 0 Å². The highest BCUT2D eigenvalue weighted by Crippen LogP contribution is 2.36. The Hall–Kier alpha value is -1.10. The smallest absolute Gasteiger partial charge is 0.309 e. The van der Waals surface area contributed by atoms with Crippen LogP contribution in [0.1, 0.15) is 58.8 Å². The fourth-order valence-electron chi connectivity index (χ4n) is 2.97. The Kier molecular flexibility index (Phi) is 6.46. The van der Waals surface area contributed by atoms with E-state index in [1.54, 1.807) is 0 Å². The van der Waals surface area contributed by atoms with Crippen LogP contribution in [0.3, 0.4) is 0 Å². The second kappa shape index (κ2) is 7.62. The van der Waals surface area contributed by atoms with Crippen LogP contribution >= 0.6 is 0 Å². The molecular formula is C15H28N2O3. The van der Waals surface area contributed by atoms with Crippen molar-refractivity contribution >= 4 is 11.9 Å². The quantitative estimate of drug-likeness (QED) is 0.749. The highest BCUT2D eigenvalue weighted by atomic mass is 16.4. The largest absolute Gasteiger partial charge is 0.481 e. The lowest BCUT2D eigenvalue weighted by atomic mass is 9.75. The Balaban J connectivity index is 2.44. The maximum atomic E-state index is 12.1. The molecule has 0 saturated carbocycles. The molecule has 1 aliphatic heterocycles. The van der Waals surface area contributed by atoms with E-state index in [0.717, 1.165) is 19.3 Å². The number of carboxylic acids is 1.